The molecule has 0 radical (unpaired) electrons. The molecular formula is C4H6N2O2. The van der Waals surface area contributed by atoms with E-state index in [1.807, 2.05) is 0 Å². The molecule has 0 atom stereocenters. The number of amides is 2. The van der Waals surface area contributed by atoms with Gasteiger partial charge in [0.1, 0.15) is 0 Å². The van der Waals surface area contributed by atoms with Gasteiger partial charge in [-0.05, 0) is 6.92 Å². The van der Waals surface area contributed by atoms with Crippen molar-refractivity contribution in [3.63, 3.8) is 0 Å². The SMILES string of the molecule is CC=NC(=O)C(N)=O. The number of carbonyl (C=O) groups excluding carboxylic acids is 2. The maximum atomic E-state index is 10.1. The fourth-order valence-corrected chi connectivity index (χ4v) is 0.181. The first-order valence-electron chi connectivity index (χ1n) is 2.01. The predicted octanol–water partition coefficient (Wildman–Crippen LogP) is -0.911. The van der Waals surface area contributed by atoms with Crippen LogP contribution in [-0.2, 0) is 9.59 Å². The Bertz CT molecular complexity index is 139. The van der Waals surface area contributed by atoms with Crippen molar-refractivity contribution in [3.05, 3.63) is 0 Å². The van der Waals surface area contributed by atoms with Crippen molar-refractivity contribution in [3.8, 4) is 0 Å². The topological polar surface area (TPSA) is 72.5 Å². The standard InChI is InChI=1S/C4H6N2O2/c1-2-6-4(8)3(5)7/h2H,1H3,(H2,5,7). The average molecular weight is 114 g/mol. The van der Waals surface area contributed by atoms with Gasteiger partial charge < -0.3 is 5.73 Å². The maximum Gasteiger partial charge on any atom is 0.334 e. The third-order valence-corrected chi connectivity index (χ3v) is 0.457. The van der Waals surface area contributed by atoms with Crippen LogP contribution in [0.1, 0.15) is 6.92 Å². The molecule has 0 unspecified atom stereocenters. The quantitative estimate of drug-likeness (QED) is 0.327. The van der Waals surface area contributed by atoms with Crippen LogP contribution in [0.5, 0.6) is 0 Å². The second-order valence-electron chi connectivity index (χ2n) is 1.06. The van der Waals surface area contributed by atoms with Crippen molar-refractivity contribution in [1.82, 2.24) is 0 Å². The second-order valence-corrected chi connectivity index (χ2v) is 1.06. The summed E-state index contributed by atoms with van der Waals surface area (Å²) in [5.41, 5.74) is 4.52. The third-order valence-electron chi connectivity index (χ3n) is 0.457. The van der Waals surface area contributed by atoms with Crippen LogP contribution in [0, 0.1) is 0 Å². The Labute approximate surface area is 46.4 Å². The first kappa shape index (κ1) is 6.81. The van der Waals surface area contributed by atoms with Crippen LogP contribution < -0.4 is 5.73 Å². The number of primary amides is 1. The monoisotopic (exact) mass is 114 g/mol. The lowest BCUT2D eigenvalue weighted by molar-refractivity contribution is -0.135. The Hall–Kier alpha value is -1.19. The molecule has 0 aliphatic carbocycles. The van der Waals surface area contributed by atoms with Gasteiger partial charge in [0.15, 0.2) is 0 Å². The van der Waals surface area contributed by atoms with E-state index in [1.165, 1.54) is 13.1 Å². The zero-order valence-corrected chi connectivity index (χ0v) is 4.42. The molecule has 4 nitrogen and oxygen atoms in total. The average Bonchev–Trinajstić information content (AvgIpc) is 1.67. The molecule has 8 heavy (non-hydrogen) atoms. The first-order chi connectivity index (χ1) is 3.68. The summed E-state index contributed by atoms with van der Waals surface area (Å²) in [7, 11) is 0. The molecule has 0 aromatic carbocycles. The van der Waals surface area contributed by atoms with Crippen molar-refractivity contribution in [2.24, 2.45) is 10.7 Å². The van der Waals surface area contributed by atoms with Crippen LogP contribution in [0.4, 0.5) is 0 Å². The maximum absolute atomic E-state index is 10.1. The lowest BCUT2D eigenvalue weighted by atomic mass is 10.6. The largest absolute Gasteiger partial charge is 0.361 e. The summed E-state index contributed by atoms with van der Waals surface area (Å²) in [6.07, 6.45) is 1.22. The van der Waals surface area contributed by atoms with Crippen LogP contribution >= 0.6 is 0 Å². The van der Waals surface area contributed by atoms with Gasteiger partial charge in [0.25, 0.3) is 0 Å². The van der Waals surface area contributed by atoms with Crippen LogP contribution in [0.2, 0.25) is 0 Å². The molecule has 0 rings (SSSR count). The number of hydrogen-bond acceptors (Lipinski definition) is 2. The van der Waals surface area contributed by atoms with Crippen molar-refractivity contribution in [2.45, 2.75) is 6.92 Å². The molecule has 0 spiro atoms. The molecule has 0 saturated carbocycles. The van der Waals surface area contributed by atoms with Crippen LogP contribution in [-0.4, -0.2) is 18.0 Å². The van der Waals surface area contributed by atoms with Crippen LogP contribution in [0.15, 0.2) is 4.99 Å². The molecular weight excluding hydrogens is 108 g/mol. The molecule has 0 fully saturated rings. The molecule has 0 aliphatic rings. The number of nitrogens with zero attached hydrogens (tertiary/aromatic N) is 1. The Morgan fingerprint density at radius 2 is 2.12 bits per heavy atom. The molecule has 0 saturated heterocycles. The molecule has 0 aromatic heterocycles. The van der Waals surface area contributed by atoms with Gasteiger partial charge in [0.05, 0.1) is 0 Å². The van der Waals surface area contributed by atoms with Crippen molar-refractivity contribution in [2.75, 3.05) is 0 Å². The summed E-state index contributed by atoms with van der Waals surface area (Å²) in [5.74, 6) is -1.93. The van der Waals surface area contributed by atoms with E-state index in [1.54, 1.807) is 0 Å². The summed E-state index contributed by atoms with van der Waals surface area (Å²) in [6, 6.07) is 0. The van der Waals surface area contributed by atoms with Gasteiger partial charge in [-0.2, -0.15) is 0 Å². The van der Waals surface area contributed by atoms with Gasteiger partial charge in [-0.25, -0.2) is 4.99 Å². The number of aliphatic imine (C=N–C) groups is 1. The van der Waals surface area contributed by atoms with Gasteiger partial charge in [0.2, 0.25) is 0 Å². The number of nitrogens with two attached hydrogens (primary N) is 1. The predicted molar refractivity (Wildman–Crippen MR) is 28.4 cm³/mol. The number of carbonyl (C=O) groups is 2. The molecule has 0 aliphatic heterocycles. The fourth-order valence-electron chi connectivity index (χ4n) is 0.181. The zero-order chi connectivity index (χ0) is 6.57. The Morgan fingerprint density at radius 1 is 1.62 bits per heavy atom. The highest BCUT2D eigenvalue weighted by Crippen LogP contribution is 1.67. The minimum absolute atomic E-state index is 0.910. The van der Waals surface area contributed by atoms with Gasteiger partial charge in [0, 0.05) is 6.21 Å². The highest BCUT2D eigenvalue weighted by Gasteiger charge is 2.02. The summed E-state index contributed by atoms with van der Waals surface area (Å²) >= 11 is 0. The van der Waals surface area contributed by atoms with E-state index in [4.69, 9.17) is 0 Å². The van der Waals surface area contributed by atoms with Gasteiger partial charge in [-0.15, -0.1) is 0 Å². The van der Waals surface area contributed by atoms with E-state index in [-0.39, 0.29) is 0 Å². The number of hydrogen-bond donors (Lipinski definition) is 1. The number of rotatable bonds is 0. The smallest absolute Gasteiger partial charge is 0.334 e. The van der Waals surface area contributed by atoms with Gasteiger partial charge >= 0.3 is 11.8 Å². The van der Waals surface area contributed by atoms with Gasteiger partial charge in [-0.1, -0.05) is 0 Å². The summed E-state index contributed by atoms with van der Waals surface area (Å²) < 4.78 is 0. The summed E-state index contributed by atoms with van der Waals surface area (Å²) in [4.78, 5) is 23.0. The molecule has 2 N–H and O–H groups in total. The molecule has 4 heteroatoms. The minimum atomic E-state index is -1.02. The van der Waals surface area contributed by atoms with E-state index in [9.17, 15) is 9.59 Å². The van der Waals surface area contributed by atoms with E-state index < -0.39 is 11.8 Å². The Morgan fingerprint density at radius 3 is 2.25 bits per heavy atom. The van der Waals surface area contributed by atoms with E-state index in [0.29, 0.717) is 0 Å². The van der Waals surface area contributed by atoms with E-state index in [0.717, 1.165) is 0 Å². The summed E-state index contributed by atoms with van der Waals surface area (Å²) in [6.45, 7) is 1.53. The normalized spacial score (nSPS) is 9.62. The third kappa shape index (κ3) is 2.07. The molecule has 2 amide bonds. The Balaban J connectivity index is 3.85. The van der Waals surface area contributed by atoms with Gasteiger partial charge in [-0.3, -0.25) is 9.59 Å². The Kier molecular flexibility index (Phi) is 2.47. The fraction of sp³-hybridized carbons (Fsp3) is 0.250. The van der Waals surface area contributed by atoms with Crippen molar-refractivity contribution in [1.29, 1.82) is 0 Å². The van der Waals surface area contributed by atoms with E-state index >= 15 is 0 Å². The lowest BCUT2D eigenvalue weighted by Gasteiger charge is -1.79. The van der Waals surface area contributed by atoms with E-state index in [2.05, 4.69) is 10.7 Å². The second kappa shape index (κ2) is 2.90. The first-order valence-corrected chi connectivity index (χ1v) is 2.01. The van der Waals surface area contributed by atoms with Crippen LogP contribution in [0.3, 0.4) is 0 Å². The lowest BCUT2D eigenvalue weighted by Crippen LogP contribution is -2.20. The highest BCUT2D eigenvalue weighted by atomic mass is 16.2. The minimum Gasteiger partial charge on any atom is -0.361 e. The molecule has 0 bridgehead atoms. The zero-order valence-electron chi connectivity index (χ0n) is 4.42. The molecule has 0 aromatic rings. The highest BCUT2D eigenvalue weighted by molar-refractivity contribution is 6.35. The molecule has 44 valence electrons. The van der Waals surface area contributed by atoms with Crippen LogP contribution in [0.25, 0.3) is 0 Å². The van der Waals surface area contributed by atoms with Crippen molar-refractivity contribution < 1.29 is 9.59 Å². The summed E-state index contributed by atoms with van der Waals surface area (Å²) in [5, 5.41) is 0. The molecule has 0 heterocycles. The van der Waals surface area contributed by atoms with Crippen molar-refractivity contribution >= 4 is 18.0 Å².